The molecule has 2 fully saturated rings. The number of alkyl halides is 1. The number of aromatic amines is 1. The number of nitrogens with two attached hydrogens (primary N) is 1. The van der Waals surface area contributed by atoms with Crippen LogP contribution in [-0.2, 0) is 25.5 Å². The molecule has 47 heavy (non-hydrogen) atoms. The van der Waals surface area contributed by atoms with Gasteiger partial charge in [-0.2, -0.15) is 0 Å². The number of para-hydroxylation sites is 1. The lowest BCUT2D eigenvalue weighted by Gasteiger charge is -2.50. The summed E-state index contributed by atoms with van der Waals surface area (Å²) in [5.41, 5.74) is 9.18. The van der Waals surface area contributed by atoms with Gasteiger partial charge >= 0.3 is 11.9 Å². The number of nitrogens with one attached hydrogen (secondary N) is 1. The van der Waals surface area contributed by atoms with E-state index in [-0.39, 0.29) is 17.2 Å². The smallest absolute Gasteiger partial charge is 0.329 e. The van der Waals surface area contributed by atoms with Crippen LogP contribution in [-0.4, -0.2) is 51.3 Å². The predicted molar refractivity (Wildman–Crippen MR) is 183 cm³/mol. The number of esters is 2. The van der Waals surface area contributed by atoms with E-state index in [9.17, 15) is 14.4 Å². The number of rotatable bonds is 7. The Bertz CT molecular complexity index is 1620. The van der Waals surface area contributed by atoms with Crippen LogP contribution in [0.25, 0.3) is 10.9 Å². The summed E-state index contributed by atoms with van der Waals surface area (Å²) in [6.45, 7) is 9.91. The van der Waals surface area contributed by atoms with Crippen LogP contribution in [0.1, 0.15) is 96.0 Å². The van der Waals surface area contributed by atoms with Gasteiger partial charge < -0.3 is 25.1 Å². The van der Waals surface area contributed by atoms with Crippen LogP contribution < -0.4 is 10.5 Å². The van der Waals surface area contributed by atoms with Gasteiger partial charge in [-0.3, -0.25) is 4.79 Å². The third-order valence-corrected chi connectivity index (χ3v) is 11.0. The standard InChI is InChI=1S/C38H48ClN3O5/c1-6-38(19-23-15-22(2)16-24(17-23)20-38)34(40)36(45)46-26-13-11-25(12-14-26)33-32-28(27-9-7-8-10-29(27)41-32)18-30(42(33)31(43)21-39)35(44)47-37(3,4)5/h7-14,22-24,30,33-34,41H,6,15-21,40H2,1-5H3/t22-,23+,24-,30-,33+,34?,38-/m1/s1. The van der Waals surface area contributed by atoms with Crippen molar-refractivity contribution in [2.75, 3.05) is 5.88 Å². The number of benzene rings is 2. The van der Waals surface area contributed by atoms with E-state index >= 15 is 0 Å². The number of hydrogen-bond acceptors (Lipinski definition) is 6. The first kappa shape index (κ1) is 33.5. The molecule has 0 saturated heterocycles. The third-order valence-electron chi connectivity index (χ3n) is 10.8. The molecule has 6 rings (SSSR count). The zero-order chi connectivity index (χ0) is 33.7. The van der Waals surface area contributed by atoms with Crippen molar-refractivity contribution in [3.63, 3.8) is 0 Å². The molecule has 1 unspecified atom stereocenters. The van der Waals surface area contributed by atoms with Gasteiger partial charge in [-0.1, -0.05) is 44.2 Å². The highest BCUT2D eigenvalue weighted by Crippen LogP contribution is 2.53. The Labute approximate surface area is 282 Å². The van der Waals surface area contributed by atoms with Crippen LogP contribution in [0.3, 0.4) is 0 Å². The lowest BCUT2D eigenvalue weighted by Crippen LogP contribution is -2.53. The van der Waals surface area contributed by atoms with E-state index in [1.807, 2.05) is 57.2 Å². The van der Waals surface area contributed by atoms with Crippen LogP contribution in [0.5, 0.6) is 5.75 Å². The lowest BCUT2D eigenvalue weighted by atomic mass is 9.56. The zero-order valence-corrected chi connectivity index (χ0v) is 28.9. The summed E-state index contributed by atoms with van der Waals surface area (Å²) in [7, 11) is 0. The van der Waals surface area contributed by atoms with Crippen molar-refractivity contribution in [3.05, 3.63) is 65.4 Å². The van der Waals surface area contributed by atoms with Gasteiger partial charge in [0.15, 0.2) is 0 Å². The first-order valence-corrected chi connectivity index (χ1v) is 17.6. The molecule has 3 aromatic rings. The highest BCUT2D eigenvalue weighted by atomic mass is 35.5. The molecule has 2 heterocycles. The molecule has 1 aromatic heterocycles. The minimum Gasteiger partial charge on any atom is -0.458 e. The fourth-order valence-corrected chi connectivity index (χ4v) is 9.08. The van der Waals surface area contributed by atoms with Gasteiger partial charge in [0.1, 0.15) is 29.3 Å². The van der Waals surface area contributed by atoms with Crippen molar-refractivity contribution in [1.29, 1.82) is 0 Å². The second-order valence-electron chi connectivity index (χ2n) is 15.3. The highest BCUT2D eigenvalue weighted by Gasteiger charge is 2.49. The average Bonchev–Trinajstić information content (AvgIpc) is 3.40. The maximum atomic E-state index is 13.7. The van der Waals surface area contributed by atoms with E-state index in [0.29, 0.717) is 24.0 Å². The monoisotopic (exact) mass is 661 g/mol. The van der Waals surface area contributed by atoms with Crippen molar-refractivity contribution < 1.29 is 23.9 Å². The second-order valence-corrected chi connectivity index (χ2v) is 15.6. The second kappa shape index (κ2) is 12.9. The Hall–Kier alpha value is -3.36. The molecule has 8 nitrogen and oxygen atoms in total. The number of aromatic nitrogens is 1. The summed E-state index contributed by atoms with van der Waals surface area (Å²) in [5.74, 6) is 0.780. The van der Waals surface area contributed by atoms with Crippen molar-refractivity contribution in [3.8, 4) is 5.75 Å². The van der Waals surface area contributed by atoms with Crippen LogP contribution in [0.2, 0.25) is 0 Å². The van der Waals surface area contributed by atoms with Crippen LogP contribution in [0, 0.1) is 23.2 Å². The molecule has 9 heteroatoms. The van der Waals surface area contributed by atoms with E-state index in [4.69, 9.17) is 26.8 Å². The van der Waals surface area contributed by atoms with Gasteiger partial charge in [0.2, 0.25) is 5.91 Å². The van der Waals surface area contributed by atoms with Crippen molar-refractivity contribution in [1.82, 2.24) is 9.88 Å². The van der Waals surface area contributed by atoms with Crippen molar-refractivity contribution in [2.24, 2.45) is 28.9 Å². The summed E-state index contributed by atoms with van der Waals surface area (Å²) in [6, 6.07) is 12.8. The molecule has 2 aliphatic carbocycles. The first-order chi connectivity index (χ1) is 22.3. The first-order valence-electron chi connectivity index (χ1n) is 17.1. The molecule has 252 valence electrons. The molecular formula is C38H48ClN3O5. The van der Waals surface area contributed by atoms with Crippen molar-refractivity contribution >= 4 is 40.3 Å². The van der Waals surface area contributed by atoms with Gasteiger partial charge in [-0.05, 0) is 112 Å². The molecule has 2 bridgehead atoms. The normalized spacial score (nSPS) is 28.0. The molecular weight excluding hydrogens is 614 g/mol. The van der Waals surface area contributed by atoms with Gasteiger partial charge in [-0.25, -0.2) is 9.59 Å². The molecule has 7 atom stereocenters. The number of nitrogens with zero attached hydrogens (tertiary/aromatic N) is 1. The number of ether oxygens (including phenoxy) is 2. The summed E-state index contributed by atoms with van der Waals surface area (Å²) < 4.78 is 11.7. The predicted octanol–water partition coefficient (Wildman–Crippen LogP) is 7.07. The number of fused-ring (bicyclic) bond motifs is 5. The van der Waals surface area contributed by atoms with Gasteiger partial charge in [0.05, 0.1) is 6.04 Å². The summed E-state index contributed by atoms with van der Waals surface area (Å²) in [6.07, 6.45) is 6.74. The number of H-pyrrole nitrogens is 1. The van der Waals surface area contributed by atoms with Crippen LogP contribution in [0.15, 0.2) is 48.5 Å². The molecule has 0 radical (unpaired) electrons. The minimum atomic E-state index is -0.879. The zero-order valence-electron chi connectivity index (χ0n) is 28.2. The Morgan fingerprint density at radius 3 is 2.32 bits per heavy atom. The molecule has 0 spiro atoms. The quantitative estimate of drug-likeness (QED) is 0.159. The molecule has 3 aliphatic rings. The maximum absolute atomic E-state index is 13.7. The van der Waals surface area contributed by atoms with E-state index in [1.54, 1.807) is 17.0 Å². The van der Waals surface area contributed by atoms with Gasteiger partial charge in [-0.15, -0.1) is 11.6 Å². The lowest BCUT2D eigenvalue weighted by molar-refractivity contribution is -0.166. The third kappa shape index (κ3) is 6.56. The number of hydrogen-bond donors (Lipinski definition) is 2. The fourth-order valence-electron chi connectivity index (χ4n) is 8.94. The summed E-state index contributed by atoms with van der Waals surface area (Å²) >= 11 is 6.16. The number of halogens is 1. The Morgan fingerprint density at radius 2 is 1.70 bits per heavy atom. The van der Waals surface area contributed by atoms with Crippen LogP contribution >= 0.6 is 11.6 Å². The Morgan fingerprint density at radius 1 is 1.04 bits per heavy atom. The Kier molecular flexibility index (Phi) is 9.22. The van der Waals surface area contributed by atoms with E-state index in [2.05, 4.69) is 18.8 Å². The van der Waals surface area contributed by atoms with E-state index in [0.717, 1.165) is 52.9 Å². The van der Waals surface area contributed by atoms with Gasteiger partial charge in [0, 0.05) is 23.0 Å². The molecule has 2 saturated carbocycles. The molecule has 2 aromatic carbocycles. The fraction of sp³-hybridized carbons (Fsp3) is 0.553. The van der Waals surface area contributed by atoms with Crippen molar-refractivity contribution in [2.45, 2.75) is 103 Å². The summed E-state index contributed by atoms with van der Waals surface area (Å²) in [5, 5.41) is 0.990. The SMILES string of the molecule is CC[C@]1(C(N)C(=O)Oc2ccc([C@H]3c4[nH]c5ccccc5c4C[C@H](C(=O)OC(C)(C)C)N3C(=O)CCl)cc2)C[C@@H]2C[C@H](C)C[C@@H](C2)C1. The highest BCUT2D eigenvalue weighted by molar-refractivity contribution is 6.27. The van der Waals surface area contributed by atoms with Crippen LogP contribution in [0.4, 0.5) is 0 Å². The minimum absolute atomic E-state index is 0.252. The number of carbonyl (C=O) groups is 3. The van der Waals surface area contributed by atoms with E-state index in [1.165, 1.54) is 19.3 Å². The molecule has 3 N–H and O–H groups in total. The molecule has 1 amide bonds. The number of amides is 1. The molecule has 1 aliphatic heterocycles. The van der Waals surface area contributed by atoms with E-state index < -0.39 is 35.7 Å². The topological polar surface area (TPSA) is 115 Å². The maximum Gasteiger partial charge on any atom is 0.329 e. The number of carbonyl (C=O) groups excluding carboxylic acids is 3. The average molecular weight is 662 g/mol. The Balaban J connectivity index is 1.30. The summed E-state index contributed by atoms with van der Waals surface area (Å²) in [4.78, 5) is 45.8. The van der Waals surface area contributed by atoms with Gasteiger partial charge in [0.25, 0.3) is 0 Å². The largest absolute Gasteiger partial charge is 0.458 e.